The van der Waals surface area contributed by atoms with Crippen LogP contribution in [0.25, 0.3) is 0 Å². The second-order valence-electron chi connectivity index (χ2n) is 5.29. The summed E-state index contributed by atoms with van der Waals surface area (Å²) in [6.07, 6.45) is 3.91. The number of rotatable bonds is 4. The number of hydrogen-bond acceptors (Lipinski definition) is 1. The Balaban J connectivity index is 2.24. The molecule has 1 saturated heterocycles. The average molecular weight is 375 g/mol. The molecule has 0 radical (unpaired) electrons. The van der Waals surface area contributed by atoms with Crippen molar-refractivity contribution in [2.75, 3.05) is 18.0 Å². The first kappa shape index (κ1) is 14.4. The molecule has 1 aliphatic heterocycles. The van der Waals surface area contributed by atoms with Crippen molar-refractivity contribution in [1.29, 1.82) is 0 Å². The second kappa shape index (κ2) is 5.96. The Morgan fingerprint density at radius 3 is 2.56 bits per heavy atom. The summed E-state index contributed by atoms with van der Waals surface area (Å²) in [5.74, 6) is 0. The molecular weight excluding hydrogens is 354 g/mol. The predicted molar refractivity (Wildman–Crippen MR) is 86.6 cm³/mol. The molecule has 1 aliphatic rings. The molecule has 1 aromatic carbocycles. The summed E-state index contributed by atoms with van der Waals surface area (Å²) >= 11 is 7.16. The Labute approximate surface area is 127 Å². The van der Waals surface area contributed by atoms with Gasteiger partial charge >= 0.3 is 0 Å². The van der Waals surface area contributed by atoms with E-state index in [-0.39, 0.29) is 0 Å². The first-order valence-corrected chi connectivity index (χ1v) is 8.65. The van der Waals surface area contributed by atoms with Crippen molar-refractivity contribution < 1.29 is 0 Å². The summed E-state index contributed by atoms with van der Waals surface area (Å²) in [5, 5.41) is 0.920. The Hall–Kier alpha value is -0.0200. The van der Waals surface area contributed by atoms with Gasteiger partial charge in [-0.05, 0) is 48.4 Å². The van der Waals surface area contributed by atoms with Crippen molar-refractivity contribution in [2.45, 2.75) is 38.4 Å². The van der Waals surface area contributed by atoms with Crippen molar-refractivity contribution in [2.24, 2.45) is 5.41 Å². The molecule has 1 fully saturated rings. The third-order valence-electron chi connectivity index (χ3n) is 4.46. The Kier molecular flexibility index (Phi) is 4.76. The molecule has 0 atom stereocenters. The fraction of sp³-hybridized carbons (Fsp3) is 0.600. The highest BCUT2D eigenvalue weighted by Crippen LogP contribution is 2.40. The maximum atomic E-state index is 3.60. The van der Waals surface area contributed by atoms with Crippen LogP contribution in [0.3, 0.4) is 0 Å². The molecule has 0 bridgehead atoms. The lowest BCUT2D eigenvalue weighted by Gasteiger charge is -2.28. The van der Waals surface area contributed by atoms with Crippen LogP contribution in [-0.4, -0.2) is 13.1 Å². The Morgan fingerprint density at radius 1 is 1.28 bits per heavy atom. The van der Waals surface area contributed by atoms with Crippen LogP contribution in [0.2, 0.25) is 0 Å². The predicted octanol–water partition coefficient (Wildman–Crippen LogP) is 5.36. The molecule has 0 aromatic heterocycles. The lowest BCUT2D eigenvalue weighted by Crippen LogP contribution is -2.26. The molecule has 3 heteroatoms. The molecule has 0 unspecified atom stereocenters. The zero-order valence-corrected chi connectivity index (χ0v) is 14.3. The van der Waals surface area contributed by atoms with Crippen molar-refractivity contribution >= 4 is 37.5 Å². The highest BCUT2D eigenvalue weighted by molar-refractivity contribution is 9.10. The number of benzene rings is 1. The summed E-state index contributed by atoms with van der Waals surface area (Å²) in [6.45, 7) is 7.07. The van der Waals surface area contributed by atoms with E-state index in [1.165, 1.54) is 43.6 Å². The van der Waals surface area contributed by atoms with Crippen molar-refractivity contribution in [3.05, 3.63) is 28.2 Å². The van der Waals surface area contributed by atoms with Crippen LogP contribution in [0.15, 0.2) is 22.7 Å². The number of alkyl halides is 1. The molecule has 0 saturated carbocycles. The van der Waals surface area contributed by atoms with Gasteiger partial charge in [-0.15, -0.1) is 0 Å². The van der Waals surface area contributed by atoms with Crippen LogP contribution < -0.4 is 4.90 Å². The van der Waals surface area contributed by atoms with Crippen molar-refractivity contribution in [3.63, 3.8) is 0 Å². The van der Waals surface area contributed by atoms with E-state index < -0.39 is 0 Å². The van der Waals surface area contributed by atoms with E-state index in [9.17, 15) is 0 Å². The fourth-order valence-electron chi connectivity index (χ4n) is 2.94. The molecule has 1 heterocycles. The molecule has 1 aromatic rings. The first-order chi connectivity index (χ1) is 8.64. The fourth-order valence-corrected chi connectivity index (χ4v) is 3.80. The van der Waals surface area contributed by atoms with E-state index in [0.29, 0.717) is 5.41 Å². The molecule has 1 nitrogen and oxygen atoms in total. The van der Waals surface area contributed by atoms with Gasteiger partial charge in [0, 0.05) is 28.6 Å². The van der Waals surface area contributed by atoms with Crippen LogP contribution in [-0.2, 0) is 5.33 Å². The van der Waals surface area contributed by atoms with Gasteiger partial charge < -0.3 is 4.90 Å². The van der Waals surface area contributed by atoms with E-state index in [1.54, 1.807) is 0 Å². The molecule has 100 valence electrons. The van der Waals surface area contributed by atoms with Gasteiger partial charge in [0.2, 0.25) is 0 Å². The maximum Gasteiger partial charge on any atom is 0.0408 e. The van der Waals surface area contributed by atoms with Crippen LogP contribution in [0.4, 0.5) is 5.69 Å². The maximum absolute atomic E-state index is 3.60. The highest BCUT2D eigenvalue weighted by atomic mass is 79.9. The third-order valence-corrected chi connectivity index (χ3v) is 5.56. The molecule has 0 aliphatic carbocycles. The zero-order valence-electron chi connectivity index (χ0n) is 11.2. The normalized spacial score (nSPS) is 18.3. The minimum atomic E-state index is 0.538. The summed E-state index contributed by atoms with van der Waals surface area (Å²) < 4.78 is 1.16. The summed E-state index contributed by atoms with van der Waals surface area (Å²) in [5.41, 5.74) is 3.32. The zero-order chi connectivity index (χ0) is 13.2. The van der Waals surface area contributed by atoms with E-state index in [4.69, 9.17) is 0 Å². The van der Waals surface area contributed by atoms with Gasteiger partial charge in [0.05, 0.1) is 0 Å². The second-order valence-corrected chi connectivity index (χ2v) is 6.76. The minimum Gasteiger partial charge on any atom is -0.371 e. The van der Waals surface area contributed by atoms with Crippen LogP contribution >= 0.6 is 31.9 Å². The summed E-state index contributed by atoms with van der Waals surface area (Å²) in [6, 6.07) is 6.63. The van der Waals surface area contributed by atoms with E-state index in [1.807, 2.05) is 0 Å². The molecule has 0 N–H and O–H groups in total. The number of nitrogens with zero attached hydrogens (tertiary/aromatic N) is 1. The van der Waals surface area contributed by atoms with Crippen LogP contribution in [0, 0.1) is 5.41 Å². The van der Waals surface area contributed by atoms with Gasteiger partial charge in [0.1, 0.15) is 0 Å². The molecule has 0 amide bonds. The third kappa shape index (κ3) is 2.77. The minimum absolute atomic E-state index is 0.538. The van der Waals surface area contributed by atoms with Gasteiger partial charge in [-0.1, -0.05) is 45.7 Å². The van der Waals surface area contributed by atoms with E-state index in [0.717, 1.165) is 9.80 Å². The van der Waals surface area contributed by atoms with Crippen molar-refractivity contribution in [3.8, 4) is 0 Å². The molecule has 0 spiro atoms. The number of halogens is 2. The molecular formula is C15H21Br2N. The topological polar surface area (TPSA) is 3.24 Å². The SMILES string of the molecule is CCC1(CC)CCN(c2ccc(Br)cc2CBr)C1. The lowest BCUT2D eigenvalue weighted by atomic mass is 9.82. The number of hydrogen-bond donors (Lipinski definition) is 0. The van der Waals surface area contributed by atoms with Gasteiger partial charge in [0.15, 0.2) is 0 Å². The highest BCUT2D eigenvalue weighted by Gasteiger charge is 2.35. The summed E-state index contributed by atoms with van der Waals surface area (Å²) in [7, 11) is 0. The largest absolute Gasteiger partial charge is 0.371 e. The standard InChI is InChI=1S/C15H21Br2N/c1-3-15(4-2)7-8-18(11-15)14-6-5-13(17)9-12(14)10-16/h5-6,9H,3-4,7-8,10-11H2,1-2H3. The van der Waals surface area contributed by atoms with Gasteiger partial charge in [0.25, 0.3) is 0 Å². The smallest absolute Gasteiger partial charge is 0.0408 e. The summed E-state index contributed by atoms with van der Waals surface area (Å²) in [4.78, 5) is 2.57. The van der Waals surface area contributed by atoms with Crippen LogP contribution in [0.5, 0.6) is 0 Å². The molecule has 2 rings (SSSR count). The van der Waals surface area contributed by atoms with E-state index >= 15 is 0 Å². The van der Waals surface area contributed by atoms with Crippen molar-refractivity contribution in [1.82, 2.24) is 0 Å². The van der Waals surface area contributed by atoms with E-state index in [2.05, 4.69) is 68.8 Å². The van der Waals surface area contributed by atoms with Gasteiger partial charge in [-0.2, -0.15) is 0 Å². The number of anilines is 1. The van der Waals surface area contributed by atoms with Gasteiger partial charge in [-0.25, -0.2) is 0 Å². The monoisotopic (exact) mass is 373 g/mol. The average Bonchev–Trinajstić information content (AvgIpc) is 2.83. The van der Waals surface area contributed by atoms with Gasteiger partial charge in [-0.3, -0.25) is 0 Å². The molecule has 18 heavy (non-hydrogen) atoms. The quantitative estimate of drug-likeness (QED) is 0.641. The Morgan fingerprint density at radius 2 is 2.00 bits per heavy atom. The first-order valence-electron chi connectivity index (χ1n) is 6.73. The van der Waals surface area contributed by atoms with Crippen LogP contribution in [0.1, 0.15) is 38.7 Å². The lowest BCUT2D eigenvalue weighted by molar-refractivity contribution is 0.301. The Bertz CT molecular complexity index is 413.